The number of benzene rings is 1. The van der Waals surface area contributed by atoms with Crippen LogP contribution in [0.1, 0.15) is 29.4 Å². The average Bonchev–Trinajstić information content (AvgIpc) is 2.96. The molecule has 2 aromatic rings. The fraction of sp³-hybridized carbons (Fsp3) is 0.368. The van der Waals surface area contributed by atoms with E-state index in [1.165, 1.54) is 11.8 Å². The van der Waals surface area contributed by atoms with Crippen LogP contribution in [0.4, 0.5) is 0 Å². The third-order valence-corrected chi connectivity index (χ3v) is 4.89. The summed E-state index contributed by atoms with van der Waals surface area (Å²) in [5.41, 5.74) is 6.63. The summed E-state index contributed by atoms with van der Waals surface area (Å²) in [6, 6.07) is 7.45. The number of rotatable bonds is 9. The molecule has 9 heteroatoms. The molecule has 0 unspecified atom stereocenters. The molecule has 0 spiro atoms. The summed E-state index contributed by atoms with van der Waals surface area (Å²) in [5.74, 6) is 0.0754. The Labute approximate surface area is 168 Å². The molecular weight excluding hydrogens is 380 g/mol. The Bertz CT molecular complexity index is 892. The number of hydrogen-bond acceptors (Lipinski definition) is 6. The normalized spacial score (nSPS) is 11.4. The van der Waals surface area contributed by atoms with Crippen LogP contribution in [0.3, 0.4) is 0 Å². The number of nitrogens with zero attached hydrogens (tertiary/aromatic N) is 3. The molecule has 1 amide bonds. The topological polar surface area (TPSA) is 106 Å². The van der Waals surface area contributed by atoms with Crippen molar-refractivity contribution in [2.45, 2.75) is 33.1 Å². The highest BCUT2D eigenvalue weighted by molar-refractivity contribution is 7.99. The third-order valence-electron chi connectivity index (χ3n) is 3.93. The number of carbonyl (C=O) groups is 2. The van der Waals surface area contributed by atoms with Gasteiger partial charge in [-0.2, -0.15) is 10.2 Å². The van der Waals surface area contributed by atoms with Gasteiger partial charge in [-0.1, -0.05) is 0 Å². The molecule has 2 rings (SSSR count). The molecule has 0 saturated heterocycles. The lowest BCUT2D eigenvalue weighted by molar-refractivity contribution is -0.134. The number of carbonyl (C=O) groups excluding carboxylic acids is 1. The molecule has 1 heterocycles. The van der Waals surface area contributed by atoms with E-state index in [0.717, 1.165) is 22.5 Å². The SMILES string of the molecule is COc1ccc(/C(C)=N\NC(=O)Cn2nc(C)cc2C)cc1CSCC(=O)O. The monoisotopic (exact) mass is 404 g/mol. The maximum Gasteiger partial charge on any atom is 0.313 e. The first-order valence-electron chi connectivity index (χ1n) is 8.61. The molecule has 2 N–H and O–H groups in total. The Morgan fingerprint density at radius 2 is 2.07 bits per heavy atom. The number of hydrazone groups is 1. The van der Waals surface area contributed by atoms with E-state index in [4.69, 9.17) is 9.84 Å². The van der Waals surface area contributed by atoms with Crippen LogP contribution in [-0.2, 0) is 21.9 Å². The summed E-state index contributed by atoms with van der Waals surface area (Å²) in [6.07, 6.45) is 0. The maximum absolute atomic E-state index is 12.1. The number of aliphatic carboxylic acids is 1. The van der Waals surface area contributed by atoms with Crippen LogP contribution >= 0.6 is 11.8 Å². The van der Waals surface area contributed by atoms with Crippen LogP contribution in [0.2, 0.25) is 0 Å². The largest absolute Gasteiger partial charge is 0.496 e. The molecule has 1 aromatic heterocycles. The number of thioether (sulfide) groups is 1. The Kier molecular flexibility index (Phi) is 7.62. The molecule has 0 aliphatic rings. The lowest BCUT2D eigenvalue weighted by Crippen LogP contribution is -2.25. The van der Waals surface area contributed by atoms with Crippen LogP contribution in [0.5, 0.6) is 5.75 Å². The number of carboxylic acid groups (broad SMARTS) is 1. The molecule has 0 fully saturated rings. The summed E-state index contributed by atoms with van der Waals surface area (Å²) in [4.78, 5) is 22.8. The summed E-state index contributed by atoms with van der Waals surface area (Å²) >= 11 is 1.29. The second kappa shape index (κ2) is 9.93. The number of ether oxygens (including phenoxy) is 1. The van der Waals surface area contributed by atoms with E-state index in [9.17, 15) is 9.59 Å². The van der Waals surface area contributed by atoms with E-state index >= 15 is 0 Å². The Morgan fingerprint density at radius 1 is 1.32 bits per heavy atom. The van der Waals surface area contributed by atoms with Gasteiger partial charge in [0.05, 0.1) is 24.3 Å². The van der Waals surface area contributed by atoms with Crippen molar-refractivity contribution in [1.82, 2.24) is 15.2 Å². The van der Waals surface area contributed by atoms with Gasteiger partial charge in [-0.15, -0.1) is 11.8 Å². The van der Waals surface area contributed by atoms with E-state index in [0.29, 0.717) is 17.2 Å². The van der Waals surface area contributed by atoms with Gasteiger partial charge < -0.3 is 9.84 Å². The first kappa shape index (κ1) is 21.5. The first-order chi connectivity index (χ1) is 13.3. The van der Waals surface area contributed by atoms with Crippen LogP contribution in [0, 0.1) is 13.8 Å². The third kappa shape index (κ3) is 6.12. The van der Waals surface area contributed by atoms with Crippen molar-refractivity contribution >= 4 is 29.4 Å². The fourth-order valence-electron chi connectivity index (χ4n) is 2.58. The number of amides is 1. The molecule has 8 nitrogen and oxygen atoms in total. The molecule has 0 saturated carbocycles. The minimum Gasteiger partial charge on any atom is -0.496 e. The van der Waals surface area contributed by atoms with Crippen molar-refractivity contribution in [3.63, 3.8) is 0 Å². The van der Waals surface area contributed by atoms with E-state index in [2.05, 4.69) is 15.6 Å². The van der Waals surface area contributed by atoms with Gasteiger partial charge in [-0.3, -0.25) is 14.3 Å². The van der Waals surface area contributed by atoms with Crippen molar-refractivity contribution < 1.29 is 19.4 Å². The summed E-state index contributed by atoms with van der Waals surface area (Å²) < 4.78 is 6.96. The molecular formula is C19H24N4O4S. The zero-order chi connectivity index (χ0) is 20.7. The molecule has 0 aliphatic heterocycles. The van der Waals surface area contributed by atoms with Gasteiger partial charge in [0.25, 0.3) is 5.91 Å². The smallest absolute Gasteiger partial charge is 0.313 e. The van der Waals surface area contributed by atoms with Crippen LogP contribution in [-0.4, -0.2) is 45.3 Å². The van der Waals surface area contributed by atoms with Crippen molar-refractivity contribution in [1.29, 1.82) is 0 Å². The van der Waals surface area contributed by atoms with Crippen molar-refractivity contribution in [2.75, 3.05) is 12.9 Å². The molecule has 0 radical (unpaired) electrons. The quantitative estimate of drug-likeness (QED) is 0.491. The molecule has 0 atom stereocenters. The number of hydrogen-bond donors (Lipinski definition) is 2. The molecule has 0 aliphatic carbocycles. The average molecular weight is 404 g/mol. The van der Waals surface area contributed by atoms with E-state index in [1.807, 2.05) is 38.1 Å². The van der Waals surface area contributed by atoms with Gasteiger partial charge in [-0.25, -0.2) is 5.43 Å². The number of aryl methyl sites for hydroxylation is 2. The minimum absolute atomic E-state index is 0.0167. The predicted molar refractivity (Wildman–Crippen MR) is 109 cm³/mol. The zero-order valence-electron chi connectivity index (χ0n) is 16.4. The second-order valence-electron chi connectivity index (χ2n) is 6.23. The van der Waals surface area contributed by atoms with Crippen molar-refractivity contribution in [3.05, 3.63) is 46.8 Å². The highest BCUT2D eigenvalue weighted by atomic mass is 32.2. The van der Waals surface area contributed by atoms with E-state index in [-0.39, 0.29) is 18.2 Å². The number of aromatic nitrogens is 2. The van der Waals surface area contributed by atoms with E-state index in [1.54, 1.807) is 18.7 Å². The van der Waals surface area contributed by atoms with Gasteiger partial charge in [0.1, 0.15) is 12.3 Å². The van der Waals surface area contributed by atoms with Gasteiger partial charge in [0.15, 0.2) is 0 Å². The zero-order valence-corrected chi connectivity index (χ0v) is 17.2. The number of carboxylic acids is 1. The van der Waals surface area contributed by atoms with Crippen LogP contribution in [0.15, 0.2) is 29.4 Å². The minimum atomic E-state index is -0.858. The van der Waals surface area contributed by atoms with Crippen LogP contribution < -0.4 is 10.2 Å². The standard InChI is InChI=1S/C19H24N4O4S/c1-12-7-13(2)23(22-12)9-18(24)21-20-14(3)15-5-6-17(27-4)16(8-15)10-28-11-19(25)26/h5-8H,9-11H2,1-4H3,(H,21,24)(H,25,26)/b20-14-. The second-order valence-corrected chi connectivity index (χ2v) is 7.22. The molecule has 1 aromatic carbocycles. The number of methoxy groups -OCH3 is 1. The highest BCUT2D eigenvalue weighted by Gasteiger charge is 2.10. The summed E-state index contributed by atoms with van der Waals surface area (Å²) in [6.45, 7) is 5.65. The predicted octanol–water partition coefficient (Wildman–Crippen LogP) is 2.37. The lowest BCUT2D eigenvalue weighted by atomic mass is 10.1. The summed E-state index contributed by atoms with van der Waals surface area (Å²) in [5, 5.41) is 17.2. The lowest BCUT2D eigenvalue weighted by Gasteiger charge is -2.10. The van der Waals surface area contributed by atoms with E-state index < -0.39 is 5.97 Å². The Hall–Kier alpha value is -2.81. The van der Waals surface area contributed by atoms with Gasteiger partial charge in [-0.05, 0) is 50.6 Å². The van der Waals surface area contributed by atoms with Crippen molar-refractivity contribution in [2.24, 2.45) is 5.10 Å². The van der Waals surface area contributed by atoms with Gasteiger partial charge in [0.2, 0.25) is 0 Å². The fourth-order valence-corrected chi connectivity index (χ4v) is 3.30. The summed E-state index contributed by atoms with van der Waals surface area (Å²) in [7, 11) is 1.57. The molecule has 0 bridgehead atoms. The molecule has 28 heavy (non-hydrogen) atoms. The maximum atomic E-state index is 12.1. The first-order valence-corrected chi connectivity index (χ1v) is 9.76. The molecule has 150 valence electrons. The van der Waals surface area contributed by atoms with Gasteiger partial charge >= 0.3 is 5.97 Å². The Morgan fingerprint density at radius 3 is 2.68 bits per heavy atom. The number of nitrogens with one attached hydrogen (secondary N) is 1. The highest BCUT2D eigenvalue weighted by Crippen LogP contribution is 2.25. The van der Waals surface area contributed by atoms with Crippen LogP contribution in [0.25, 0.3) is 0 Å². The van der Waals surface area contributed by atoms with Crippen molar-refractivity contribution in [3.8, 4) is 5.75 Å². The Balaban J connectivity index is 2.05. The van der Waals surface area contributed by atoms with Gasteiger partial charge in [0, 0.05) is 17.0 Å².